The van der Waals surface area contributed by atoms with E-state index < -0.39 is 0 Å². The fourth-order valence-electron chi connectivity index (χ4n) is 3.00. The maximum atomic E-state index is 12.8. The second-order valence-corrected chi connectivity index (χ2v) is 7.50. The Morgan fingerprint density at radius 3 is 2.70 bits per heavy atom. The zero-order valence-corrected chi connectivity index (χ0v) is 16.9. The van der Waals surface area contributed by atoms with Crippen molar-refractivity contribution < 1.29 is 4.79 Å². The maximum Gasteiger partial charge on any atom is 0.255 e. The molecule has 2 aromatic heterocycles. The molecule has 5 nitrogen and oxygen atoms in total. The summed E-state index contributed by atoms with van der Waals surface area (Å²) in [5.74, 6) is 0.876. The van der Waals surface area contributed by atoms with Crippen molar-refractivity contribution in [3.63, 3.8) is 0 Å². The lowest BCUT2D eigenvalue weighted by Gasteiger charge is -2.13. The summed E-state index contributed by atoms with van der Waals surface area (Å²) in [5, 5.41) is 4.86. The lowest BCUT2D eigenvalue weighted by molar-refractivity contribution is 0.0949. The minimum Gasteiger partial charge on any atom is -0.352 e. The number of thioether (sulfide) groups is 1. The molecule has 0 atom stereocenters. The van der Waals surface area contributed by atoms with Crippen LogP contribution in [-0.4, -0.2) is 33.7 Å². The van der Waals surface area contributed by atoms with E-state index >= 15 is 0 Å². The highest BCUT2D eigenvalue weighted by molar-refractivity contribution is 7.98. The Labute approximate surface area is 164 Å². The van der Waals surface area contributed by atoms with Crippen molar-refractivity contribution in [3.05, 3.63) is 59.2 Å². The smallest absolute Gasteiger partial charge is 0.255 e. The largest absolute Gasteiger partial charge is 0.352 e. The molecule has 0 spiro atoms. The van der Waals surface area contributed by atoms with Gasteiger partial charge < -0.3 is 5.32 Å². The van der Waals surface area contributed by atoms with Crippen LogP contribution in [0, 0.1) is 6.92 Å². The van der Waals surface area contributed by atoms with Crippen molar-refractivity contribution in [2.75, 3.05) is 12.8 Å². The van der Waals surface area contributed by atoms with Gasteiger partial charge in [-0.15, -0.1) is 11.8 Å². The SMILES string of the molecule is CSc1nc(C(C)C)nc(C)c1C(=O)NCCc1cccc2cccnc12. The summed E-state index contributed by atoms with van der Waals surface area (Å²) in [6.07, 6.45) is 4.45. The number of para-hydroxylation sites is 1. The summed E-state index contributed by atoms with van der Waals surface area (Å²) in [7, 11) is 0. The second kappa shape index (κ2) is 8.48. The lowest BCUT2D eigenvalue weighted by atomic mass is 10.1. The zero-order chi connectivity index (χ0) is 19.4. The Bertz CT molecular complexity index is 966. The van der Waals surface area contributed by atoms with Gasteiger partial charge in [-0.1, -0.05) is 38.1 Å². The molecule has 2 heterocycles. The van der Waals surface area contributed by atoms with Crippen LogP contribution in [0.2, 0.25) is 0 Å². The number of nitrogens with one attached hydrogen (secondary N) is 1. The molecular weight excluding hydrogens is 356 g/mol. The quantitative estimate of drug-likeness (QED) is 0.514. The van der Waals surface area contributed by atoms with Crippen LogP contribution in [0.1, 0.15) is 47.2 Å². The second-order valence-electron chi connectivity index (χ2n) is 6.70. The number of amides is 1. The molecule has 0 fully saturated rings. The van der Waals surface area contributed by atoms with E-state index in [0.717, 1.165) is 39.4 Å². The zero-order valence-electron chi connectivity index (χ0n) is 16.1. The van der Waals surface area contributed by atoms with Crippen LogP contribution in [-0.2, 0) is 6.42 Å². The van der Waals surface area contributed by atoms with E-state index in [9.17, 15) is 4.79 Å². The summed E-state index contributed by atoms with van der Waals surface area (Å²) < 4.78 is 0. The van der Waals surface area contributed by atoms with Crippen LogP contribution in [0.5, 0.6) is 0 Å². The summed E-state index contributed by atoms with van der Waals surface area (Å²) in [6, 6.07) is 10.1. The molecule has 0 aliphatic carbocycles. The van der Waals surface area contributed by atoms with Gasteiger partial charge >= 0.3 is 0 Å². The van der Waals surface area contributed by atoms with E-state index in [1.807, 2.05) is 37.4 Å². The van der Waals surface area contributed by atoms with E-state index in [4.69, 9.17) is 0 Å². The highest BCUT2D eigenvalue weighted by atomic mass is 32.2. The molecule has 27 heavy (non-hydrogen) atoms. The predicted octanol–water partition coefficient (Wildman–Crippen LogP) is 4.15. The lowest BCUT2D eigenvalue weighted by Crippen LogP contribution is -2.28. The van der Waals surface area contributed by atoms with Gasteiger partial charge in [0.2, 0.25) is 0 Å². The fourth-order valence-corrected chi connectivity index (χ4v) is 3.63. The number of hydrogen-bond acceptors (Lipinski definition) is 5. The number of rotatable bonds is 6. The first-order valence-electron chi connectivity index (χ1n) is 9.04. The van der Waals surface area contributed by atoms with Crippen molar-refractivity contribution in [1.29, 1.82) is 0 Å². The number of pyridine rings is 1. The molecule has 6 heteroatoms. The molecule has 1 aromatic carbocycles. The number of carbonyl (C=O) groups excluding carboxylic acids is 1. The molecule has 0 aliphatic heterocycles. The van der Waals surface area contributed by atoms with Crippen LogP contribution in [0.15, 0.2) is 41.6 Å². The number of benzene rings is 1. The minimum absolute atomic E-state index is 0.125. The Balaban J connectivity index is 1.74. The number of nitrogens with zero attached hydrogens (tertiary/aromatic N) is 3. The third-order valence-corrected chi connectivity index (χ3v) is 5.09. The van der Waals surface area contributed by atoms with E-state index in [-0.39, 0.29) is 11.8 Å². The predicted molar refractivity (Wildman–Crippen MR) is 110 cm³/mol. The fraction of sp³-hybridized carbons (Fsp3) is 0.333. The summed E-state index contributed by atoms with van der Waals surface area (Å²) in [4.78, 5) is 26.3. The van der Waals surface area contributed by atoms with Gasteiger partial charge in [0, 0.05) is 24.0 Å². The average Bonchev–Trinajstić information content (AvgIpc) is 2.67. The van der Waals surface area contributed by atoms with Gasteiger partial charge in [-0.2, -0.15) is 0 Å². The molecule has 0 saturated heterocycles. The Morgan fingerprint density at radius 2 is 1.96 bits per heavy atom. The molecule has 0 unspecified atom stereocenters. The van der Waals surface area contributed by atoms with Gasteiger partial charge in [0.15, 0.2) is 0 Å². The van der Waals surface area contributed by atoms with E-state index in [1.165, 1.54) is 11.8 Å². The van der Waals surface area contributed by atoms with Crippen LogP contribution in [0.25, 0.3) is 10.9 Å². The van der Waals surface area contributed by atoms with Crippen LogP contribution < -0.4 is 5.32 Å². The molecular formula is C21H24N4OS. The molecule has 0 radical (unpaired) electrons. The Morgan fingerprint density at radius 1 is 1.19 bits per heavy atom. The number of hydrogen-bond donors (Lipinski definition) is 1. The van der Waals surface area contributed by atoms with Crippen LogP contribution in [0.3, 0.4) is 0 Å². The molecule has 1 N–H and O–H groups in total. The van der Waals surface area contributed by atoms with E-state index in [0.29, 0.717) is 12.1 Å². The number of carbonyl (C=O) groups is 1. The first kappa shape index (κ1) is 19.3. The minimum atomic E-state index is -0.125. The van der Waals surface area contributed by atoms with Gasteiger partial charge in [-0.05, 0) is 31.2 Å². The highest BCUT2D eigenvalue weighted by Crippen LogP contribution is 2.23. The number of fused-ring (bicyclic) bond motifs is 1. The van der Waals surface area contributed by atoms with Gasteiger partial charge in [-0.25, -0.2) is 9.97 Å². The third kappa shape index (κ3) is 4.27. The maximum absolute atomic E-state index is 12.8. The van der Waals surface area contributed by atoms with Gasteiger partial charge in [0.25, 0.3) is 5.91 Å². The molecule has 1 amide bonds. The van der Waals surface area contributed by atoms with Crippen molar-refractivity contribution in [1.82, 2.24) is 20.3 Å². The van der Waals surface area contributed by atoms with Gasteiger partial charge in [-0.3, -0.25) is 9.78 Å². The molecule has 0 bridgehead atoms. The summed E-state index contributed by atoms with van der Waals surface area (Å²) >= 11 is 1.48. The number of aryl methyl sites for hydroxylation is 1. The van der Waals surface area contributed by atoms with Gasteiger partial charge in [0.05, 0.1) is 16.8 Å². The van der Waals surface area contributed by atoms with Crippen molar-refractivity contribution in [3.8, 4) is 0 Å². The number of aromatic nitrogens is 3. The monoisotopic (exact) mass is 380 g/mol. The standard InChI is InChI=1S/C21H24N4OS/c1-13(2)19-24-14(3)17(21(25-19)27-4)20(26)23-12-10-16-8-5-7-15-9-6-11-22-18(15)16/h5-9,11,13H,10,12H2,1-4H3,(H,23,26). The normalized spacial score (nSPS) is 11.1. The van der Waals surface area contributed by atoms with Crippen LogP contribution >= 0.6 is 11.8 Å². The topological polar surface area (TPSA) is 67.8 Å². The highest BCUT2D eigenvalue weighted by Gasteiger charge is 2.19. The summed E-state index contributed by atoms with van der Waals surface area (Å²) in [6.45, 7) is 6.51. The first-order chi connectivity index (χ1) is 13.0. The van der Waals surface area contributed by atoms with Crippen molar-refractivity contribution >= 4 is 28.6 Å². The molecule has 0 aliphatic rings. The van der Waals surface area contributed by atoms with Crippen LogP contribution in [0.4, 0.5) is 0 Å². The Hall–Kier alpha value is -2.47. The molecule has 3 aromatic rings. The third-order valence-electron chi connectivity index (χ3n) is 4.41. The molecule has 3 rings (SSSR count). The van der Waals surface area contributed by atoms with E-state index in [1.54, 1.807) is 6.20 Å². The average molecular weight is 381 g/mol. The first-order valence-corrected chi connectivity index (χ1v) is 10.3. The Kier molecular flexibility index (Phi) is 6.06. The molecule has 140 valence electrons. The summed E-state index contributed by atoms with van der Waals surface area (Å²) in [5.41, 5.74) is 3.41. The van der Waals surface area contributed by atoms with Gasteiger partial charge in [0.1, 0.15) is 10.9 Å². The van der Waals surface area contributed by atoms with Crippen molar-refractivity contribution in [2.45, 2.75) is 38.1 Å². The van der Waals surface area contributed by atoms with E-state index in [2.05, 4.69) is 40.2 Å². The van der Waals surface area contributed by atoms with Crippen molar-refractivity contribution in [2.24, 2.45) is 0 Å². The molecule has 0 saturated carbocycles.